The smallest absolute Gasteiger partial charge is 0.225 e. The molecular weight excluding hydrogens is 340 g/mol. The molecule has 2 N–H and O–H groups in total. The van der Waals surface area contributed by atoms with Crippen molar-refractivity contribution in [2.75, 3.05) is 12.4 Å². The molecule has 1 aliphatic carbocycles. The van der Waals surface area contributed by atoms with Crippen LogP contribution in [0.15, 0.2) is 12.3 Å². The van der Waals surface area contributed by atoms with Crippen molar-refractivity contribution in [2.45, 2.75) is 50.1 Å². The topological polar surface area (TPSA) is 87.0 Å². The van der Waals surface area contributed by atoms with E-state index >= 15 is 0 Å². The number of pyridine rings is 1. The minimum atomic E-state index is -0.133. The molecule has 1 saturated heterocycles. The fourth-order valence-electron chi connectivity index (χ4n) is 3.91. The predicted octanol–water partition coefficient (Wildman–Crippen LogP) is 2.67. The predicted molar refractivity (Wildman–Crippen MR) is 95.6 cm³/mol. The molecule has 1 aromatic rings. The number of fused-ring (bicyclic) bond motifs is 1. The Morgan fingerprint density at radius 2 is 2.28 bits per heavy atom. The number of amides is 1. The van der Waals surface area contributed by atoms with Gasteiger partial charge in [-0.25, -0.2) is 4.98 Å². The molecule has 25 heavy (non-hydrogen) atoms. The van der Waals surface area contributed by atoms with Gasteiger partial charge in [-0.2, -0.15) is 5.26 Å². The van der Waals surface area contributed by atoms with Gasteiger partial charge in [0.05, 0.1) is 19.2 Å². The number of rotatable bonds is 4. The molecule has 5 atom stereocenters. The summed E-state index contributed by atoms with van der Waals surface area (Å²) in [5.41, 5.74) is 0.384. The van der Waals surface area contributed by atoms with E-state index in [0.717, 1.165) is 25.7 Å². The fraction of sp³-hybridized carbons (Fsp3) is 0.611. The summed E-state index contributed by atoms with van der Waals surface area (Å²) in [6.07, 6.45) is 5.20. The van der Waals surface area contributed by atoms with Gasteiger partial charge in [0.2, 0.25) is 5.91 Å². The molecule has 0 spiro atoms. The highest BCUT2D eigenvalue weighted by atomic mass is 35.5. The Kier molecular flexibility index (Phi) is 5.33. The molecule has 7 heteroatoms. The van der Waals surface area contributed by atoms with Gasteiger partial charge >= 0.3 is 0 Å². The molecule has 0 bridgehead atoms. The van der Waals surface area contributed by atoms with Crippen LogP contribution >= 0.6 is 11.6 Å². The van der Waals surface area contributed by atoms with Crippen molar-refractivity contribution in [1.82, 2.24) is 10.3 Å². The molecular formula is C18H23ClN4O2. The van der Waals surface area contributed by atoms with E-state index in [0.29, 0.717) is 23.0 Å². The maximum absolute atomic E-state index is 12.5. The summed E-state index contributed by atoms with van der Waals surface area (Å²) in [7, 11) is 1.52. The van der Waals surface area contributed by atoms with Crippen LogP contribution < -0.4 is 15.4 Å². The SMILES string of the molecule is COc1cc(N[C@@H](C)C2CC3CC(Cl)CCC3NC2=O)ncc1C#N. The highest BCUT2D eigenvalue weighted by Gasteiger charge is 2.41. The number of aromatic nitrogens is 1. The maximum atomic E-state index is 12.5. The minimum Gasteiger partial charge on any atom is -0.495 e. The third-order valence-corrected chi connectivity index (χ3v) is 5.72. The average Bonchev–Trinajstić information content (AvgIpc) is 2.61. The van der Waals surface area contributed by atoms with Gasteiger partial charge in [0.1, 0.15) is 23.2 Å². The number of carbonyl (C=O) groups is 1. The van der Waals surface area contributed by atoms with Crippen LogP contribution in [0.5, 0.6) is 5.75 Å². The molecule has 6 nitrogen and oxygen atoms in total. The van der Waals surface area contributed by atoms with Crippen molar-refractivity contribution >= 4 is 23.3 Å². The van der Waals surface area contributed by atoms with Gasteiger partial charge in [-0.3, -0.25) is 4.79 Å². The number of ether oxygens (including phenoxy) is 1. The zero-order valence-corrected chi connectivity index (χ0v) is 15.2. The van der Waals surface area contributed by atoms with E-state index in [1.165, 1.54) is 13.3 Å². The lowest BCUT2D eigenvalue weighted by atomic mass is 9.74. The number of piperidine rings is 1. The van der Waals surface area contributed by atoms with Gasteiger partial charge in [0.25, 0.3) is 0 Å². The first-order chi connectivity index (χ1) is 12.0. The lowest BCUT2D eigenvalue weighted by molar-refractivity contribution is -0.130. The second-order valence-corrected chi connectivity index (χ2v) is 7.56. The van der Waals surface area contributed by atoms with E-state index in [2.05, 4.69) is 15.6 Å². The number of alkyl halides is 1. The number of nitrogens with zero attached hydrogens (tertiary/aromatic N) is 2. The molecule has 134 valence electrons. The molecule has 1 amide bonds. The highest BCUT2D eigenvalue weighted by Crippen LogP contribution is 2.37. The Morgan fingerprint density at radius 1 is 1.48 bits per heavy atom. The van der Waals surface area contributed by atoms with Gasteiger partial charge < -0.3 is 15.4 Å². The molecule has 2 aliphatic rings. The maximum Gasteiger partial charge on any atom is 0.225 e. The second-order valence-electron chi connectivity index (χ2n) is 6.94. The average molecular weight is 363 g/mol. The first-order valence-corrected chi connectivity index (χ1v) is 9.10. The van der Waals surface area contributed by atoms with E-state index in [4.69, 9.17) is 21.6 Å². The van der Waals surface area contributed by atoms with E-state index in [1.54, 1.807) is 6.07 Å². The number of anilines is 1. The Hall–Kier alpha value is -2.00. The first kappa shape index (κ1) is 17.8. The van der Waals surface area contributed by atoms with Crippen molar-refractivity contribution in [1.29, 1.82) is 5.26 Å². The summed E-state index contributed by atoms with van der Waals surface area (Å²) in [6, 6.07) is 3.91. The number of carbonyl (C=O) groups excluding carboxylic acids is 1. The van der Waals surface area contributed by atoms with Crippen molar-refractivity contribution in [3.05, 3.63) is 17.8 Å². The molecule has 1 saturated carbocycles. The normalized spacial score (nSPS) is 29.8. The summed E-state index contributed by atoms with van der Waals surface area (Å²) < 4.78 is 5.21. The summed E-state index contributed by atoms with van der Waals surface area (Å²) in [6.45, 7) is 1.98. The zero-order chi connectivity index (χ0) is 18.0. The largest absolute Gasteiger partial charge is 0.495 e. The quantitative estimate of drug-likeness (QED) is 0.804. The fourth-order valence-corrected chi connectivity index (χ4v) is 4.27. The Bertz CT molecular complexity index is 690. The molecule has 1 aliphatic heterocycles. The van der Waals surface area contributed by atoms with E-state index in [-0.39, 0.29) is 29.3 Å². The Morgan fingerprint density at radius 3 is 3.00 bits per heavy atom. The highest BCUT2D eigenvalue weighted by molar-refractivity contribution is 6.20. The Balaban J connectivity index is 1.69. The molecule has 0 radical (unpaired) electrons. The summed E-state index contributed by atoms with van der Waals surface area (Å²) in [5.74, 6) is 1.46. The summed E-state index contributed by atoms with van der Waals surface area (Å²) in [4.78, 5) is 16.8. The molecule has 4 unspecified atom stereocenters. The van der Waals surface area contributed by atoms with Gasteiger partial charge in [-0.1, -0.05) is 0 Å². The lowest BCUT2D eigenvalue weighted by Gasteiger charge is -2.42. The van der Waals surface area contributed by atoms with Gasteiger partial charge in [-0.15, -0.1) is 11.6 Å². The van der Waals surface area contributed by atoms with Crippen LogP contribution in [0.3, 0.4) is 0 Å². The molecule has 3 rings (SSSR count). The van der Waals surface area contributed by atoms with Crippen molar-refractivity contribution in [3.63, 3.8) is 0 Å². The summed E-state index contributed by atoms with van der Waals surface area (Å²) >= 11 is 6.31. The summed E-state index contributed by atoms with van der Waals surface area (Å²) in [5, 5.41) is 15.7. The van der Waals surface area contributed by atoms with Gasteiger partial charge in [0, 0.05) is 23.5 Å². The monoisotopic (exact) mass is 362 g/mol. The third-order valence-electron chi connectivity index (χ3n) is 5.33. The molecule has 0 aromatic carbocycles. The van der Waals surface area contributed by atoms with Crippen molar-refractivity contribution in [3.8, 4) is 11.8 Å². The number of nitrogens with one attached hydrogen (secondary N) is 2. The zero-order valence-electron chi connectivity index (χ0n) is 14.5. The van der Waals surface area contributed by atoms with E-state index < -0.39 is 0 Å². The third kappa shape index (κ3) is 3.82. The number of methoxy groups -OCH3 is 1. The van der Waals surface area contributed by atoms with Crippen LogP contribution in [0.2, 0.25) is 0 Å². The van der Waals surface area contributed by atoms with Crippen LogP contribution in [0.1, 0.15) is 38.2 Å². The van der Waals surface area contributed by atoms with Gasteiger partial charge in [-0.05, 0) is 38.5 Å². The van der Waals surface area contributed by atoms with Crippen LogP contribution in [0.4, 0.5) is 5.82 Å². The minimum absolute atomic E-state index is 0.0817. The van der Waals surface area contributed by atoms with E-state index in [9.17, 15) is 4.79 Å². The molecule has 2 heterocycles. The van der Waals surface area contributed by atoms with Crippen LogP contribution in [-0.4, -0.2) is 35.5 Å². The Labute approximate surface area is 152 Å². The standard InChI is InChI=1S/C18H23ClN4O2/c1-10(22-17-7-16(25-2)12(8-20)9-21-17)14-6-11-5-13(19)3-4-15(11)23-18(14)24/h7,9-11,13-15H,3-6H2,1-2H3,(H,21,22)(H,23,24)/t10-,11?,13?,14?,15?/m0/s1. The molecule has 1 aromatic heterocycles. The number of nitriles is 1. The number of halogens is 1. The number of hydrogen-bond acceptors (Lipinski definition) is 5. The van der Waals surface area contributed by atoms with Crippen molar-refractivity contribution < 1.29 is 9.53 Å². The van der Waals surface area contributed by atoms with E-state index in [1.807, 2.05) is 13.0 Å². The second kappa shape index (κ2) is 7.49. The van der Waals surface area contributed by atoms with Crippen molar-refractivity contribution in [2.24, 2.45) is 11.8 Å². The van der Waals surface area contributed by atoms with Crippen LogP contribution in [-0.2, 0) is 4.79 Å². The molecule has 2 fully saturated rings. The van der Waals surface area contributed by atoms with Crippen LogP contribution in [0, 0.1) is 23.2 Å². The van der Waals surface area contributed by atoms with Crippen LogP contribution in [0.25, 0.3) is 0 Å². The number of hydrogen-bond donors (Lipinski definition) is 2. The van der Waals surface area contributed by atoms with Gasteiger partial charge in [0.15, 0.2) is 0 Å². The lowest BCUT2D eigenvalue weighted by Crippen LogP contribution is -2.55. The first-order valence-electron chi connectivity index (χ1n) is 8.67.